The molecule has 1 amide bonds. The van der Waals surface area contributed by atoms with Crippen LogP contribution in [0.15, 0.2) is 18.2 Å². The van der Waals surface area contributed by atoms with E-state index in [2.05, 4.69) is 0 Å². The number of nitrogens with two attached hydrogens (primary N) is 1. The van der Waals surface area contributed by atoms with Gasteiger partial charge in [0.05, 0.1) is 0 Å². The first kappa shape index (κ1) is 14.9. The van der Waals surface area contributed by atoms with Crippen molar-refractivity contribution in [3.8, 4) is 5.75 Å². The Labute approximate surface area is 134 Å². The van der Waals surface area contributed by atoms with Gasteiger partial charge in [-0.2, -0.15) is 0 Å². The number of benzene rings is 1. The molecule has 1 aliphatic heterocycles. The Balaban J connectivity index is 1.55. The van der Waals surface area contributed by atoms with Gasteiger partial charge in [-0.05, 0) is 42.9 Å². The van der Waals surface area contributed by atoms with Crippen LogP contribution >= 0.6 is 23.2 Å². The van der Waals surface area contributed by atoms with Gasteiger partial charge >= 0.3 is 0 Å². The highest BCUT2D eigenvalue weighted by Crippen LogP contribution is 2.37. The molecule has 0 bridgehead atoms. The molecule has 2 N–H and O–H groups in total. The van der Waals surface area contributed by atoms with Crippen LogP contribution in [0.4, 0.5) is 0 Å². The molecule has 6 heteroatoms. The van der Waals surface area contributed by atoms with Crippen molar-refractivity contribution >= 4 is 29.1 Å². The second-order valence-corrected chi connectivity index (χ2v) is 6.73. The van der Waals surface area contributed by atoms with Gasteiger partial charge in [-0.3, -0.25) is 4.79 Å². The minimum Gasteiger partial charge on any atom is -0.484 e. The third-order valence-corrected chi connectivity index (χ3v) is 4.90. The monoisotopic (exact) mass is 328 g/mol. The Bertz CT molecular complexity index is 532. The standard InChI is InChI=1S/C15H18Cl2N2O2/c16-10-3-11(17)5-12(4-10)21-8-15(20)19-6-9-1-2-14(18)13(9)7-19/h3-5,9,13-14H,1-2,6-8,18H2. The summed E-state index contributed by atoms with van der Waals surface area (Å²) >= 11 is 11.8. The van der Waals surface area contributed by atoms with Crippen molar-refractivity contribution in [2.45, 2.75) is 18.9 Å². The molecule has 0 spiro atoms. The molecule has 1 aliphatic carbocycles. The van der Waals surface area contributed by atoms with Crippen LogP contribution in [0.2, 0.25) is 10.0 Å². The number of fused-ring (bicyclic) bond motifs is 1. The number of likely N-dealkylation sites (tertiary alicyclic amines) is 1. The molecule has 4 nitrogen and oxygen atoms in total. The van der Waals surface area contributed by atoms with Gasteiger partial charge in [0, 0.05) is 29.2 Å². The van der Waals surface area contributed by atoms with E-state index in [0.29, 0.717) is 27.6 Å². The summed E-state index contributed by atoms with van der Waals surface area (Å²) in [5.74, 6) is 1.52. The molecular formula is C15H18Cl2N2O2. The van der Waals surface area contributed by atoms with Crippen LogP contribution in [0.5, 0.6) is 5.75 Å². The first-order valence-electron chi connectivity index (χ1n) is 7.15. The van der Waals surface area contributed by atoms with Crippen molar-refractivity contribution in [3.63, 3.8) is 0 Å². The van der Waals surface area contributed by atoms with Crippen LogP contribution in [0, 0.1) is 11.8 Å². The fourth-order valence-electron chi connectivity index (χ4n) is 3.36. The Morgan fingerprint density at radius 3 is 2.62 bits per heavy atom. The highest BCUT2D eigenvalue weighted by molar-refractivity contribution is 6.34. The maximum Gasteiger partial charge on any atom is 0.260 e. The quantitative estimate of drug-likeness (QED) is 0.927. The molecule has 21 heavy (non-hydrogen) atoms. The van der Waals surface area contributed by atoms with E-state index >= 15 is 0 Å². The largest absolute Gasteiger partial charge is 0.484 e. The lowest BCUT2D eigenvalue weighted by Gasteiger charge is -2.19. The molecule has 2 aliphatic rings. The lowest BCUT2D eigenvalue weighted by atomic mass is 9.98. The van der Waals surface area contributed by atoms with Gasteiger partial charge in [0.1, 0.15) is 5.75 Å². The zero-order chi connectivity index (χ0) is 15.0. The molecule has 3 rings (SSSR count). The molecule has 114 valence electrons. The van der Waals surface area contributed by atoms with Crippen LogP contribution in [-0.2, 0) is 4.79 Å². The average molecular weight is 329 g/mol. The lowest BCUT2D eigenvalue weighted by molar-refractivity contribution is -0.132. The number of nitrogens with zero attached hydrogens (tertiary/aromatic N) is 1. The molecule has 1 saturated carbocycles. The number of carbonyl (C=O) groups is 1. The third kappa shape index (κ3) is 3.28. The van der Waals surface area contributed by atoms with E-state index in [0.717, 1.165) is 25.9 Å². The summed E-state index contributed by atoms with van der Waals surface area (Å²) in [6, 6.07) is 5.16. The van der Waals surface area contributed by atoms with Crippen molar-refractivity contribution in [2.24, 2.45) is 17.6 Å². The van der Waals surface area contributed by atoms with Crippen LogP contribution in [-0.4, -0.2) is 36.5 Å². The predicted octanol–water partition coefficient (Wildman–Crippen LogP) is 2.57. The molecule has 1 aromatic carbocycles. The second kappa shape index (κ2) is 6.03. The van der Waals surface area contributed by atoms with Gasteiger partial charge in [0.15, 0.2) is 6.61 Å². The Kier molecular flexibility index (Phi) is 4.29. The molecular weight excluding hydrogens is 311 g/mol. The summed E-state index contributed by atoms with van der Waals surface area (Å²) < 4.78 is 5.50. The van der Waals surface area contributed by atoms with Gasteiger partial charge in [0.25, 0.3) is 5.91 Å². The summed E-state index contributed by atoms with van der Waals surface area (Å²) in [6.07, 6.45) is 2.20. The summed E-state index contributed by atoms with van der Waals surface area (Å²) in [6.45, 7) is 1.56. The molecule has 3 unspecified atom stereocenters. The van der Waals surface area contributed by atoms with Crippen LogP contribution < -0.4 is 10.5 Å². The fraction of sp³-hybridized carbons (Fsp3) is 0.533. The topological polar surface area (TPSA) is 55.6 Å². The minimum absolute atomic E-state index is 0.00531. The maximum absolute atomic E-state index is 12.2. The van der Waals surface area contributed by atoms with E-state index in [4.69, 9.17) is 33.7 Å². The van der Waals surface area contributed by atoms with Crippen LogP contribution in [0.25, 0.3) is 0 Å². The van der Waals surface area contributed by atoms with E-state index in [1.165, 1.54) is 0 Å². The fourth-order valence-corrected chi connectivity index (χ4v) is 3.87. The SMILES string of the molecule is NC1CCC2CN(C(=O)COc3cc(Cl)cc(Cl)c3)CC12. The van der Waals surface area contributed by atoms with Crippen molar-refractivity contribution in [1.82, 2.24) is 4.90 Å². The number of halogens is 2. The Morgan fingerprint density at radius 1 is 1.24 bits per heavy atom. The van der Waals surface area contributed by atoms with Crippen molar-refractivity contribution in [3.05, 3.63) is 28.2 Å². The van der Waals surface area contributed by atoms with E-state index in [9.17, 15) is 4.79 Å². The number of carbonyl (C=O) groups excluding carboxylic acids is 1. The van der Waals surface area contributed by atoms with Crippen molar-refractivity contribution in [2.75, 3.05) is 19.7 Å². The smallest absolute Gasteiger partial charge is 0.260 e. The zero-order valence-corrected chi connectivity index (χ0v) is 13.1. The molecule has 0 radical (unpaired) electrons. The van der Waals surface area contributed by atoms with Gasteiger partial charge in [-0.25, -0.2) is 0 Å². The summed E-state index contributed by atoms with van der Waals surface area (Å²) in [7, 11) is 0. The lowest BCUT2D eigenvalue weighted by Crippen LogP contribution is -2.36. The maximum atomic E-state index is 12.2. The number of ether oxygens (including phenoxy) is 1. The van der Waals surface area contributed by atoms with Gasteiger partial charge < -0.3 is 15.4 Å². The van der Waals surface area contributed by atoms with Gasteiger partial charge in [-0.1, -0.05) is 23.2 Å². The van der Waals surface area contributed by atoms with Gasteiger partial charge in [-0.15, -0.1) is 0 Å². The minimum atomic E-state index is -0.00676. The Morgan fingerprint density at radius 2 is 1.95 bits per heavy atom. The van der Waals surface area contributed by atoms with Gasteiger partial charge in [0.2, 0.25) is 0 Å². The molecule has 1 aromatic rings. The predicted molar refractivity (Wildman–Crippen MR) is 82.7 cm³/mol. The van der Waals surface area contributed by atoms with E-state index in [1.54, 1.807) is 18.2 Å². The second-order valence-electron chi connectivity index (χ2n) is 5.86. The first-order chi connectivity index (χ1) is 10.0. The summed E-state index contributed by atoms with van der Waals surface area (Å²) in [5, 5.41) is 0.984. The molecule has 2 fully saturated rings. The third-order valence-electron chi connectivity index (χ3n) is 4.46. The van der Waals surface area contributed by atoms with E-state index < -0.39 is 0 Å². The summed E-state index contributed by atoms with van der Waals surface area (Å²) in [5.41, 5.74) is 6.08. The van der Waals surface area contributed by atoms with Crippen LogP contribution in [0.3, 0.4) is 0 Å². The van der Waals surface area contributed by atoms with Crippen molar-refractivity contribution in [1.29, 1.82) is 0 Å². The number of hydrogen-bond donors (Lipinski definition) is 1. The van der Waals surface area contributed by atoms with E-state index in [-0.39, 0.29) is 18.6 Å². The number of hydrogen-bond acceptors (Lipinski definition) is 3. The molecule has 0 aromatic heterocycles. The average Bonchev–Trinajstić information content (AvgIpc) is 2.98. The highest BCUT2D eigenvalue weighted by Gasteiger charge is 2.42. The summed E-state index contributed by atoms with van der Waals surface area (Å²) in [4.78, 5) is 14.1. The number of amides is 1. The first-order valence-corrected chi connectivity index (χ1v) is 7.91. The normalized spacial score (nSPS) is 27.8. The van der Waals surface area contributed by atoms with E-state index in [1.807, 2.05) is 4.90 Å². The molecule has 1 heterocycles. The molecule has 3 atom stereocenters. The van der Waals surface area contributed by atoms with Crippen LogP contribution in [0.1, 0.15) is 12.8 Å². The number of rotatable bonds is 3. The molecule has 1 saturated heterocycles. The Hall–Kier alpha value is -0.970. The highest BCUT2D eigenvalue weighted by atomic mass is 35.5. The van der Waals surface area contributed by atoms with Crippen molar-refractivity contribution < 1.29 is 9.53 Å². The zero-order valence-electron chi connectivity index (χ0n) is 11.6.